The van der Waals surface area contributed by atoms with E-state index >= 15 is 0 Å². The average Bonchev–Trinajstić information content (AvgIpc) is 2.48. The lowest BCUT2D eigenvalue weighted by atomic mass is 10.2. The number of hydrogen-bond acceptors (Lipinski definition) is 4. The molecule has 2 rings (SSSR count). The van der Waals surface area contributed by atoms with E-state index in [0.29, 0.717) is 20.6 Å². The Kier molecular flexibility index (Phi) is 5.87. The third-order valence-corrected chi connectivity index (χ3v) is 4.96. The van der Waals surface area contributed by atoms with Crippen molar-refractivity contribution in [2.45, 2.75) is 11.8 Å². The van der Waals surface area contributed by atoms with Gasteiger partial charge in [-0.15, -0.1) is 11.8 Å². The summed E-state index contributed by atoms with van der Waals surface area (Å²) in [5.74, 6) is -0.208. The Hall–Kier alpha value is -1.76. The van der Waals surface area contributed by atoms with Gasteiger partial charge in [0, 0.05) is 17.0 Å². The summed E-state index contributed by atoms with van der Waals surface area (Å²) >= 11 is 13.3. The molecular weight excluding hydrogens is 359 g/mol. The topological polar surface area (TPSA) is 72.2 Å². The van der Waals surface area contributed by atoms with Gasteiger partial charge in [-0.1, -0.05) is 35.3 Å². The molecule has 0 fully saturated rings. The molecule has 120 valence electrons. The number of aryl methyl sites for hydroxylation is 1. The molecule has 0 unspecified atom stereocenters. The van der Waals surface area contributed by atoms with Crippen LogP contribution >= 0.6 is 35.0 Å². The number of amides is 1. The van der Waals surface area contributed by atoms with Gasteiger partial charge >= 0.3 is 0 Å². The van der Waals surface area contributed by atoms with E-state index in [9.17, 15) is 14.9 Å². The predicted molar refractivity (Wildman–Crippen MR) is 93.6 cm³/mol. The maximum Gasteiger partial charge on any atom is 0.271 e. The van der Waals surface area contributed by atoms with Crippen molar-refractivity contribution in [2.75, 3.05) is 11.1 Å². The molecule has 2 aromatic carbocycles. The standard InChI is InChI=1S/C15H12Cl2N2O3S/c1-9-5-6-10(19(21)22)7-13(9)18-14(20)8-23-15-11(16)3-2-4-12(15)17/h2-7H,8H2,1H3,(H,18,20). The second-order valence-electron chi connectivity index (χ2n) is 4.64. The Labute approximate surface area is 147 Å². The van der Waals surface area contributed by atoms with E-state index in [1.165, 1.54) is 23.9 Å². The van der Waals surface area contributed by atoms with Crippen LogP contribution in [0.3, 0.4) is 0 Å². The van der Waals surface area contributed by atoms with Crippen molar-refractivity contribution < 1.29 is 9.72 Å². The van der Waals surface area contributed by atoms with Crippen molar-refractivity contribution in [3.8, 4) is 0 Å². The zero-order valence-corrected chi connectivity index (χ0v) is 14.3. The van der Waals surface area contributed by atoms with E-state index in [1.54, 1.807) is 31.2 Å². The van der Waals surface area contributed by atoms with Crippen LogP contribution in [0.1, 0.15) is 5.56 Å². The first kappa shape index (κ1) is 17.6. The lowest BCUT2D eigenvalue weighted by Gasteiger charge is -2.09. The van der Waals surface area contributed by atoms with Gasteiger partial charge in [0.05, 0.1) is 26.4 Å². The third-order valence-electron chi connectivity index (χ3n) is 2.97. The lowest BCUT2D eigenvalue weighted by Crippen LogP contribution is -2.15. The number of carbonyl (C=O) groups excluding carboxylic acids is 1. The van der Waals surface area contributed by atoms with Gasteiger partial charge in [0.15, 0.2) is 0 Å². The molecule has 2 aromatic rings. The summed E-state index contributed by atoms with van der Waals surface area (Å²) in [7, 11) is 0. The van der Waals surface area contributed by atoms with E-state index < -0.39 is 4.92 Å². The van der Waals surface area contributed by atoms with Crippen molar-refractivity contribution in [3.63, 3.8) is 0 Å². The summed E-state index contributed by atoms with van der Waals surface area (Å²) in [6.45, 7) is 1.76. The summed E-state index contributed by atoms with van der Waals surface area (Å²) < 4.78 is 0. The fraction of sp³-hybridized carbons (Fsp3) is 0.133. The third kappa shape index (κ3) is 4.60. The van der Waals surface area contributed by atoms with Crippen LogP contribution in [0.15, 0.2) is 41.3 Å². The molecule has 0 saturated heterocycles. The van der Waals surface area contributed by atoms with Crippen LogP contribution in [0.25, 0.3) is 0 Å². The summed E-state index contributed by atoms with van der Waals surface area (Å²) in [6.07, 6.45) is 0. The highest BCUT2D eigenvalue weighted by Gasteiger charge is 2.13. The molecule has 1 N–H and O–H groups in total. The zero-order chi connectivity index (χ0) is 17.0. The molecule has 0 aromatic heterocycles. The molecule has 0 radical (unpaired) electrons. The van der Waals surface area contributed by atoms with Crippen LogP contribution in [0.5, 0.6) is 0 Å². The number of nitrogens with one attached hydrogen (secondary N) is 1. The maximum absolute atomic E-state index is 12.1. The molecule has 0 saturated carbocycles. The number of rotatable bonds is 5. The molecular formula is C15H12Cl2N2O3S. The number of nitrogens with zero attached hydrogens (tertiary/aromatic N) is 1. The van der Waals surface area contributed by atoms with Gasteiger partial charge in [-0.25, -0.2) is 0 Å². The van der Waals surface area contributed by atoms with Gasteiger partial charge in [-0.2, -0.15) is 0 Å². The average molecular weight is 371 g/mol. The normalized spacial score (nSPS) is 10.4. The number of anilines is 1. The van der Waals surface area contributed by atoms with E-state index in [2.05, 4.69) is 5.32 Å². The molecule has 8 heteroatoms. The first-order valence-corrected chi connectivity index (χ1v) is 8.24. The van der Waals surface area contributed by atoms with E-state index in [1.807, 2.05) is 0 Å². The highest BCUT2D eigenvalue weighted by atomic mass is 35.5. The molecule has 0 spiro atoms. The fourth-order valence-electron chi connectivity index (χ4n) is 1.80. The number of nitro groups is 1. The van der Waals surface area contributed by atoms with Crippen molar-refractivity contribution in [3.05, 3.63) is 62.1 Å². The van der Waals surface area contributed by atoms with Crippen LogP contribution in [0, 0.1) is 17.0 Å². The zero-order valence-electron chi connectivity index (χ0n) is 12.0. The Morgan fingerprint density at radius 2 is 1.91 bits per heavy atom. The van der Waals surface area contributed by atoms with Crippen LogP contribution in [-0.2, 0) is 4.79 Å². The molecule has 23 heavy (non-hydrogen) atoms. The largest absolute Gasteiger partial charge is 0.325 e. The van der Waals surface area contributed by atoms with E-state index in [0.717, 1.165) is 5.56 Å². The Morgan fingerprint density at radius 3 is 2.52 bits per heavy atom. The second kappa shape index (κ2) is 7.68. The summed E-state index contributed by atoms with van der Waals surface area (Å²) in [4.78, 5) is 23.0. The van der Waals surface area contributed by atoms with Crippen molar-refractivity contribution >= 4 is 52.2 Å². The number of benzene rings is 2. The minimum Gasteiger partial charge on any atom is -0.325 e. The van der Waals surface area contributed by atoms with Crippen LogP contribution in [-0.4, -0.2) is 16.6 Å². The summed E-state index contributed by atoms with van der Waals surface area (Å²) in [5.41, 5.74) is 1.08. The smallest absolute Gasteiger partial charge is 0.271 e. The molecule has 0 aliphatic rings. The highest BCUT2D eigenvalue weighted by Crippen LogP contribution is 2.34. The Bertz CT molecular complexity index is 748. The van der Waals surface area contributed by atoms with Gasteiger partial charge < -0.3 is 5.32 Å². The maximum atomic E-state index is 12.1. The van der Waals surface area contributed by atoms with Crippen LogP contribution in [0.4, 0.5) is 11.4 Å². The number of non-ortho nitro benzene ring substituents is 1. The van der Waals surface area contributed by atoms with Crippen LogP contribution < -0.4 is 5.32 Å². The second-order valence-corrected chi connectivity index (χ2v) is 6.44. The SMILES string of the molecule is Cc1ccc([N+](=O)[O-])cc1NC(=O)CSc1c(Cl)cccc1Cl. The van der Waals surface area contributed by atoms with Gasteiger partial charge in [0.2, 0.25) is 5.91 Å². The monoisotopic (exact) mass is 370 g/mol. The van der Waals surface area contributed by atoms with Gasteiger partial charge in [0.25, 0.3) is 5.69 Å². The number of hydrogen-bond donors (Lipinski definition) is 1. The minimum absolute atomic E-state index is 0.0762. The highest BCUT2D eigenvalue weighted by molar-refractivity contribution is 8.00. The van der Waals surface area contributed by atoms with E-state index in [-0.39, 0.29) is 17.3 Å². The summed E-state index contributed by atoms with van der Waals surface area (Å²) in [5, 5.41) is 14.4. The van der Waals surface area contributed by atoms with Gasteiger partial charge in [-0.3, -0.25) is 14.9 Å². The Balaban J connectivity index is 2.06. The van der Waals surface area contributed by atoms with Gasteiger partial charge in [0.1, 0.15) is 0 Å². The van der Waals surface area contributed by atoms with Gasteiger partial charge in [-0.05, 0) is 24.6 Å². The molecule has 0 aliphatic carbocycles. The fourth-order valence-corrected chi connectivity index (χ4v) is 3.29. The quantitative estimate of drug-likeness (QED) is 0.459. The molecule has 1 amide bonds. The summed E-state index contributed by atoms with van der Waals surface area (Å²) in [6, 6.07) is 9.42. The lowest BCUT2D eigenvalue weighted by molar-refractivity contribution is -0.384. The number of thioether (sulfide) groups is 1. The number of carbonyl (C=O) groups is 1. The molecule has 0 atom stereocenters. The molecule has 0 heterocycles. The minimum atomic E-state index is -0.507. The Morgan fingerprint density at radius 1 is 1.26 bits per heavy atom. The number of halogens is 2. The number of nitro benzene ring substituents is 1. The van der Waals surface area contributed by atoms with E-state index in [4.69, 9.17) is 23.2 Å². The first-order chi connectivity index (χ1) is 10.9. The first-order valence-electron chi connectivity index (χ1n) is 6.50. The molecule has 0 bridgehead atoms. The predicted octanol–water partition coefficient (Wildman–Crippen LogP) is 4.94. The van der Waals surface area contributed by atoms with Crippen molar-refractivity contribution in [1.82, 2.24) is 0 Å². The van der Waals surface area contributed by atoms with Crippen LogP contribution in [0.2, 0.25) is 10.0 Å². The molecule has 0 aliphatic heterocycles. The van der Waals surface area contributed by atoms with Crippen molar-refractivity contribution in [1.29, 1.82) is 0 Å². The molecule has 5 nitrogen and oxygen atoms in total. The van der Waals surface area contributed by atoms with Crippen molar-refractivity contribution in [2.24, 2.45) is 0 Å².